The maximum absolute atomic E-state index is 12.6. The molecule has 0 amide bonds. The molecule has 0 spiro atoms. The first-order valence-corrected chi connectivity index (χ1v) is 6.72. The fourth-order valence-electron chi connectivity index (χ4n) is 2.24. The van der Waals surface area contributed by atoms with Crippen molar-refractivity contribution in [3.8, 4) is 22.3 Å². The minimum atomic E-state index is -4.30. The fraction of sp³-hybridized carbons (Fsp3) is 0.0556. The molecule has 0 fully saturated rings. The molecule has 0 aliphatic rings. The molecule has 4 heteroatoms. The van der Waals surface area contributed by atoms with E-state index in [4.69, 9.17) is 0 Å². The maximum Gasteiger partial charge on any atom is 0.416 e. The Balaban J connectivity index is 1.87. The number of pyridine rings is 1. The zero-order valence-corrected chi connectivity index (χ0v) is 11.5. The van der Waals surface area contributed by atoms with E-state index in [1.165, 1.54) is 12.1 Å². The van der Waals surface area contributed by atoms with Crippen molar-refractivity contribution in [2.75, 3.05) is 0 Å². The van der Waals surface area contributed by atoms with Crippen LogP contribution in [-0.4, -0.2) is 4.98 Å². The number of aromatic nitrogens is 1. The van der Waals surface area contributed by atoms with Gasteiger partial charge in [0.2, 0.25) is 0 Å². The van der Waals surface area contributed by atoms with Gasteiger partial charge in [0.15, 0.2) is 0 Å². The van der Waals surface area contributed by atoms with Crippen LogP contribution in [-0.2, 0) is 6.18 Å². The second-order valence-electron chi connectivity index (χ2n) is 4.89. The van der Waals surface area contributed by atoms with Crippen LogP contribution in [0.4, 0.5) is 13.2 Å². The van der Waals surface area contributed by atoms with E-state index in [0.717, 1.165) is 34.4 Å². The highest BCUT2D eigenvalue weighted by Gasteiger charge is 2.29. The van der Waals surface area contributed by atoms with Crippen molar-refractivity contribution in [3.05, 3.63) is 78.6 Å². The average molecular weight is 299 g/mol. The highest BCUT2D eigenvalue weighted by molar-refractivity contribution is 5.70. The van der Waals surface area contributed by atoms with Crippen molar-refractivity contribution in [1.29, 1.82) is 0 Å². The van der Waals surface area contributed by atoms with Crippen LogP contribution in [0.15, 0.2) is 73.1 Å². The number of hydrogen-bond acceptors (Lipinski definition) is 1. The summed E-state index contributed by atoms with van der Waals surface area (Å²) in [5, 5.41) is 0. The van der Waals surface area contributed by atoms with Crippen LogP contribution in [0.2, 0.25) is 0 Å². The van der Waals surface area contributed by atoms with Gasteiger partial charge in [-0.3, -0.25) is 4.98 Å². The molecule has 0 N–H and O–H groups in total. The van der Waals surface area contributed by atoms with Crippen LogP contribution in [0, 0.1) is 0 Å². The normalized spacial score (nSPS) is 11.4. The second kappa shape index (κ2) is 5.64. The average Bonchev–Trinajstić information content (AvgIpc) is 2.55. The predicted molar refractivity (Wildman–Crippen MR) is 80.1 cm³/mol. The Kier molecular flexibility index (Phi) is 3.67. The molecular formula is C18H12F3N. The molecule has 3 rings (SSSR count). The van der Waals surface area contributed by atoms with Gasteiger partial charge in [0.05, 0.1) is 5.56 Å². The van der Waals surface area contributed by atoms with E-state index < -0.39 is 11.7 Å². The summed E-state index contributed by atoms with van der Waals surface area (Å²) >= 11 is 0. The standard InChI is InChI=1S/C18H12F3N/c19-18(20,21)17-9-7-14(8-10-17)13-3-5-15(6-4-13)16-2-1-11-22-12-16/h1-12H. The lowest BCUT2D eigenvalue weighted by Crippen LogP contribution is -2.03. The van der Waals surface area contributed by atoms with E-state index in [0.29, 0.717) is 0 Å². The Labute approximate surface area is 126 Å². The highest BCUT2D eigenvalue weighted by atomic mass is 19.4. The molecule has 0 radical (unpaired) electrons. The van der Waals surface area contributed by atoms with Crippen LogP contribution < -0.4 is 0 Å². The van der Waals surface area contributed by atoms with Crippen LogP contribution in [0.1, 0.15) is 5.56 Å². The third-order valence-corrected chi connectivity index (χ3v) is 3.43. The van der Waals surface area contributed by atoms with Crippen LogP contribution in [0.3, 0.4) is 0 Å². The molecule has 0 aliphatic carbocycles. The van der Waals surface area contributed by atoms with Gasteiger partial charge < -0.3 is 0 Å². The first-order valence-electron chi connectivity index (χ1n) is 6.72. The molecule has 0 saturated heterocycles. The monoisotopic (exact) mass is 299 g/mol. The molecule has 110 valence electrons. The number of nitrogens with zero attached hydrogens (tertiary/aromatic N) is 1. The van der Waals surface area contributed by atoms with Gasteiger partial charge in [-0.05, 0) is 40.5 Å². The number of hydrogen-bond donors (Lipinski definition) is 0. The van der Waals surface area contributed by atoms with Gasteiger partial charge in [-0.25, -0.2) is 0 Å². The van der Waals surface area contributed by atoms with E-state index in [9.17, 15) is 13.2 Å². The molecule has 0 bridgehead atoms. The first kappa shape index (κ1) is 14.3. The SMILES string of the molecule is FC(F)(F)c1ccc(-c2ccc(-c3cccnc3)cc2)cc1. The maximum atomic E-state index is 12.6. The summed E-state index contributed by atoms with van der Waals surface area (Å²) in [6, 6.07) is 16.7. The zero-order chi connectivity index (χ0) is 15.6. The highest BCUT2D eigenvalue weighted by Crippen LogP contribution is 2.31. The topological polar surface area (TPSA) is 12.9 Å². The van der Waals surface area contributed by atoms with Crippen molar-refractivity contribution in [1.82, 2.24) is 4.98 Å². The van der Waals surface area contributed by atoms with Gasteiger partial charge in [0.1, 0.15) is 0 Å². The van der Waals surface area contributed by atoms with E-state index in [1.807, 2.05) is 36.4 Å². The second-order valence-corrected chi connectivity index (χ2v) is 4.89. The Morgan fingerprint density at radius 3 is 1.59 bits per heavy atom. The first-order chi connectivity index (χ1) is 10.5. The summed E-state index contributed by atoms with van der Waals surface area (Å²) in [4.78, 5) is 4.07. The quantitative estimate of drug-likeness (QED) is 0.614. The van der Waals surface area contributed by atoms with Gasteiger partial charge in [0.25, 0.3) is 0 Å². The third-order valence-electron chi connectivity index (χ3n) is 3.43. The van der Waals surface area contributed by atoms with Gasteiger partial charge in [-0.15, -0.1) is 0 Å². The minimum absolute atomic E-state index is 0.636. The Bertz CT molecular complexity index is 745. The largest absolute Gasteiger partial charge is 0.416 e. The van der Waals surface area contributed by atoms with Crippen molar-refractivity contribution >= 4 is 0 Å². The molecule has 22 heavy (non-hydrogen) atoms. The zero-order valence-electron chi connectivity index (χ0n) is 11.5. The van der Waals surface area contributed by atoms with Crippen molar-refractivity contribution in [3.63, 3.8) is 0 Å². The van der Waals surface area contributed by atoms with E-state index in [1.54, 1.807) is 12.4 Å². The number of halogens is 3. The summed E-state index contributed by atoms with van der Waals surface area (Å²) in [5.41, 5.74) is 3.01. The van der Waals surface area contributed by atoms with E-state index in [-0.39, 0.29) is 0 Å². The molecule has 0 unspecified atom stereocenters. The Morgan fingerprint density at radius 1 is 0.636 bits per heavy atom. The van der Waals surface area contributed by atoms with Crippen LogP contribution in [0.5, 0.6) is 0 Å². The van der Waals surface area contributed by atoms with Gasteiger partial charge in [-0.2, -0.15) is 13.2 Å². The van der Waals surface area contributed by atoms with Gasteiger partial charge >= 0.3 is 6.18 Å². The van der Waals surface area contributed by atoms with Crippen molar-refractivity contribution in [2.24, 2.45) is 0 Å². The van der Waals surface area contributed by atoms with E-state index >= 15 is 0 Å². The lowest BCUT2D eigenvalue weighted by Gasteiger charge is -2.08. The molecule has 3 aromatic rings. The lowest BCUT2D eigenvalue weighted by atomic mass is 10.0. The van der Waals surface area contributed by atoms with Crippen LogP contribution >= 0.6 is 0 Å². The number of rotatable bonds is 2. The van der Waals surface area contributed by atoms with E-state index in [2.05, 4.69) is 4.98 Å². The molecular weight excluding hydrogens is 287 g/mol. The molecule has 1 aromatic heterocycles. The summed E-state index contributed by atoms with van der Waals surface area (Å²) in [7, 11) is 0. The van der Waals surface area contributed by atoms with Crippen molar-refractivity contribution < 1.29 is 13.2 Å². The molecule has 1 nitrogen and oxygen atoms in total. The predicted octanol–water partition coefficient (Wildman–Crippen LogP) is 5.43. The summed E-state index contributed by atoms with van der Waals surface area (Å²) in [5.74, 6) is 0. The molecule has 0 saturated carbocycles. The fourth-order valence-corrected chi connectivity index (χ4v) is 2.24. The lowest BCUT2D eigenvalue weighted by molar-refractivity contribution is -0.137. The third kappa shape index (κ3) is 3.01. The number of alkyl halides is 3. The molecule has 0 atom stereocenters. The van der Waals surface area contributed by atoms with Crippen LogP contribution in [0.25, 0.3) is 22.3 Å². The summed E-state index contributed by atoms with van der Waals surface area (Å²) in [6.07, 6.45) is -0.824. The summed E-state index contributed by atoms with van der Waals surface area (Å²) in [6.45, 7) is 0. The molecule has 0 aliphatic heterocycles. The van der Waals surface area contributed by atoms with Gasteiger partial charge in [-0.1, -0.05) is 42.5 Å². The minimum Gasteiger partial charge on any atom is -0.264 e. The molecule has 1 heterocycles. The van der Waals surface area contributed by atoms with Gasteiger partial charge in [0, 0.05) is 12.4 Å². The smallest absolute Gasteiger partial charge is 0.264 e. The summed E-state index contributed by atoms with van der Waals surface area (Å²) < 4.78 is 37.7. The Hall–Kier alpha value is -2.62. The van der Waals surface area contributed by atoms with Crippen molar-refractivity contribution in [2.45, 2.75) is 6.18 Å². The Morgan fingerprint density at radius 2 is 1.14 bits per heavy atom. The number of benzene rings is 2. The molecule has 2 aromatic carbocycles.